The van der Waals surface area contributed by atoms with Gasteiger partial charge >= 0.3 is 0 Å². The first-order valence-corrected chi connectivity index (χ1v) is 9.55. The highest BCUT2D eigenvalue weighted by Crippen LogP contribution is 2.37. The Labute approximate surface area is 165 Å². The summed E-state index contributed by atoms with van der Waals surface area (Å²) in [6.07, 6.45) is 0. The smallest absolute Gasteiger partial charge is 0.0361 e. The zero-order valence-electron chi connectivity index (χ0n) is 15.8. The van der Waals surface area contributed by atoms with Gasteiger partial charge in [-0.1, -0.05) is 58.4 Å². The predicted octanol–water partition coefficient (Wildman–Crippen LogP) is 5.76. The van der Waals surface area contributed by atoms with Gasteiger partial charge in [0.1, 0.15) is 0 Å². The molecule has 0 fully saturated rings. The van der Waals surface area contributed by atoms with E-state index in [0.717, 1.165) is 4.47 Å². The molecule has 0 radical (unpaired) electrons. The zero-order chi connectivity index (χ0) is 18.7. The molecule has 0 spiro atoms. The molecule has 0 aliphatic heterocycles. The van der Waals surface area contributed by atoms with E-state index in [-0.39, 0.29) is 5.92 Å². The summed E-state index contributed by atoms with van der Waals surface area (Å²) in [5.74, 6) is 0.193. The molecule has 3 aromatic rings. The molecule has 3 heteroatoms. The van der Waals surface area contributed by atoms with Crippen LogP contribution in [-0.4, -0.2) is 28.2 Å². The van der Waals surface area contributed by atoms with Crippen LogP contribution in [0.1, 0.15) is 22.6 Å². The van der Waals surface area contributed by atoms with Gasteiger partial charge in [-0.05, 0) is 47.0 Å². The van der Waals surface area contributed by atoms with Gasteiger partial charge in [0.2, 0.25) is 0 Å². The van der Waals surface area contributed by atoms with Crippen LogP contribution in [-0.2, 0) is 0 Å². The Hall–Kier alpha value is -2.26. The number of nitrogens with zero attached hydrogens (tertiary/aromatic N) is 2. The van der Waals surface area contributed by atoms with Crippen LogP contribution in [0.3, 0.4) is 0 Å². The van der Waals surface area contributed by atoms with E-state index in [1.807, 2.05) is 0 Å². The van der Waals surface area contributed by atoms with Crippen molar-refractivity contribution in [2.45, 2.75) is 5.92 Å². The molecule has 26 heavy (non-hydrogen) atoms. The Morgan fingerprint density at radius 1 is 0.615 bits per heavy atom. The highest BCUT2D eigenvalue weighted by Gasteiger charge is 2.19. The Morgan fingerprint density at radius 3 is 1.42 bits per heavy atom. The van der Waals surface area contributed by atoms with Crippen molar-refractivity contribution in [2.24, 2.45) is 0 Å². The fourth-order valence-corrected chi connectivity index (χ4v) is 3.70. The number of rotatable bonds is 5. The average molecular weight is 409 g/mol. The number of anilines is 2. The lowest BCUT2D eigenvalue weighted by Crippen LogP contribution is -2.10. The highest BCUT2D eigenvalue weighted by molar-refractivity contribution is 9.10. The van der Waals surface area contributed by atoms with Gasteiger partial charge in [-0.2, -0.15) is 0 Å². The molecule has 0 aliphatic carbocycles. The molecule has 3 aromatic carbocycles. The molecule has 0 amide bonds. The number of benzene rings is 3. The molecule has 0 aliphatic rings. The first-order chi connectivity index (χ1) is 12.5. The molecule has 0 N–H and O–H groups in total. The molecule has 0 aromatic heterocycles. The van der Waals surface area contributed by atoms with E-state index in [1.54, 1.807) is 0 Å². The van der Waals surface area contributed by atoms with Gasteiger partial charge in [-0.15, -0.1) is 0 Å². The maximum absolute atomic E-state index is 3.75. The summed E-state index contributed by atoms with van der Waals surface area (Å²) in [6.45, 7) is 0. The fourth-order valence-electron chi connectivity index (χ4n) is 3.19. The summed E-state index contributed by atoms with van der Waals surface area (Å²) in [7, 11) is 8.28. The van der Waals surface area contributed by atoms with Crippen molar-refractivity contribution in [3.63, 3.8) is 0 Å². The summed E-state index contributed by atoms with van der Waals surface area (Å²) in [6, 6.07) is 26.2. The first kappa shape index (κ1) is 18.5. The van der Waals surface area contributed by atoms with Crippen LogP contribution in [0.5, 0.6) is 0 Å². The van der Waals surface area contributed by atoms with Crippen LogP contribution in [0.25, 0.3) is 0 Å². The topological polar surface area (TPSA) is 6.48 Å². The summed E-state index contributed by atoms with van der Waals surface area (Å²) in [5, 5.41) is 0. The van der Waals surface area contributed by atoms with E-state index in [1.165, 1.54) is 28.1 Å². The normalized spacial score (nSPS) is 10.8. The maximum Gasteiger partial charge on any atom is 0.0361 e. The van der Waals surface area contributed by atoms with Crippen LogP contribution in [0.15, 0.2) is 77.3 Å². The molecular weight excluding hydrogens is 384 g/mol. The summed E-state index contributed by atoms with van der Waals surface area (Å²) in [4.78, 5) is 4.26. The van der Waals surface area contributed by atoms with Gasteiger partial charge in [0.05, 0.1) is 0 Å². The molecule has 134 valence electrons. The van der Waals surface area contributed by atoms with Gasteiger partial charge in [0, 0.05) is 50.0 Å². The Balaban J connectivity index is 2.09. The lowest BCUT2D eigenvalue weighted by molar-refractivity contribution is 0.966. The van der Waals surface area contributed by atoms with Gasteiger partial charge in [0.15, 0.2) is 0 Å². The minimum Gasteiger partial charge on any atom is -0.378 e. The third-order valence-electron chi connectivity index (χ3n) is 4.70. The molecule has 0 heterocycles. The van der Waals surface area contributed by atoms with E-state index < -0.39 is 0 Å². The van der Waals surface area contributed by atoms with Gasteiger partial charge in [0.25, 0.3) is 0 Å². The van der Waals surface area contributed by atoms with Crippen molar-refractivity contribution in [1.29, 1.82) is 0 Å². The predicted molar refractivity (Wildman–Crippen MR) is 117 cm³/mol. The second-order valence-corrected chi connectivity index (χ2v) is 7.78. The number of hydrogen-bond donors (Lipinski definition) is 0. The monoisotopic (exact) mass is 408 g/mol. The maximum atomic E-state index is 3.75. The van der Waals surface area contributed by atoms with Crippen LogP contribution in [0.2, 0.25) is 0 Å². The second-order valence-electron chi connectivity index (χ2n) is 6.93. The van der Waals surface area contributed by atoms with Gasteiger partial charge in [-0.3, -0.25) is 0 Å². The SMILES string of the molecule is CN(C)c1ccc(C(c2ccc(N(C)C)cc2)c2ccccc2Br)cc1. The third kappa shape index (κ3) is 3.94. The minimum absolute atomic E-state index is 0.193. The van der Waals surface area contributed by atoms with Gasteiger partial charge in [-0.25, -0.2) is 0 Å². The van der Waals surface area contributed by atoms with E-state index >= 15 is 0 Å². The Kier molecular flexibility index (Phi) is 5.67. The molecule has 2 nitrogen and oxygen atoms in total. The lowest BCUT2D eigenvalue weighted by Gasteiger charge is -2.22. The lowest BCUT2D eigenvalue weighted by atomic mass is 9.85. The molecule has 0 atom stereocenters. The summed E-state index contributed by atoms with van der Waals surface area (Å²) < 4.78 is 1.14. The molecular formula is C23H25BrN2. The van der Waals surface area contributed by atoms with E-state index in [2.05, 4.69) is 127 Å². The third-order valence-corrected chi connectivity index (χ3v) is 5.42. The highest BCUT2D eigenvalue weighted by atomic mass is 79.9. The molecule has 0 saturated heterocycles. The fraction of sp³-hybridized carbons (Fsp3) is 0.217. The van der Waals surface area contributed by atoms with E-state index in [9.17, 15) is 0 Å². The second kappa shape index (κ2) is 7.96. The van der Waals surface area contributed by atoms with E-state index in [0.29, 0.717) is 0 Å². The van der Waals surface area contributed by atoms with Gasteiger partial charge < -0.3 is 9.80 Å². The van der Waals surface area contributed by atoms with E-state index in [4.69, 9.17) is 0 Å². The molecule has 3 rings (SSSR count). The van der Waals surface area contributed by atoms with Crippen molar-refractivity contribution < 1.29 is 0 Å². The van der Waals surface area contributed by atoms with Crippen molar-refractivity contribution in [3.8, 4) is 0 Å². The zero-order valence-corrected chi connectivity index (χ0v) is 17.4. The van der Waals surface area contributed by atoms with Crippen molar-refractivity contribution >= 4 is 27.3 Å². The summed E-state index contributed by atoms with van der Waals surface area (Å²) >= 11 is 3.75. The molecule has 0 bridgehead atoms. The van der Waals surface area contributed by atoms with Crippen molar-refractivity contribution in [2.75, 3.05) is 38.0 Å². The van der Waals surface area contributed by atoms with Crippen LogP contribution < -0.4 is 9.80 Å². The van der Waals surface area contributed by atoms with Crippen molar-refractivity contribution in [3.05, 3.63) is 94.0 Å². The molecule has 0 saturated carbocycles. The summed E-state index contributed by atoms with van der Waals surface area (Å²) in [5.41, 5.74) is 6.29. The van der Waals surface area contributed by atoms with Crippen LogP contribution >= 0.6 is 15.9 Å². The quantitative estimate of drug-likeness (QED) is 0.495. The number of hydrogen-bond acceptors (Lipinski definition) is 2. The Morgan fingerprint density at radius 2 is 1.04 bits per heavy atom. The Bertz CT molecular complexity index is 801. The number of halogens is 1. The first-order valence-electron chi connectivity index (χ1n) is 8.76. The van der Waals surface area contributed by atoms with Crippen molar-refractivity contribution in [1.82, 2.24) is 0 Å². The van der Waals surface area contributed by atoms with Crippen LogP contribution in [0, 0.1) is 0 Å². The van der Waals surface area contributed by atoms with Crippen LogP contribution in [0.4, 0.5) is 11.4 Å². The minimum atomic E-state index is 0.193. The average Bonchev–Trinajstić information content (AvgIpc) is 2.64. The standard InChI is InChI=1S/C23H25BrN2/c1-25(2)19-13-9-17(10-14-19)23(21-7-5-6-8-22(21)24)18-11-15-20(16-12-18)26(3)4/h5-16,23H,1-4H3. The largest absolute Gasteiger partial charge is 0.378 e. The molecule has 0 unspecified atom stereocenters.